The van der Waals surface area contributed by atoms with Crippen LogP contribution in [0.5, 0.6) is 5.75 Å². The fraction of sp³-hybridized carbons (Fsp3) is 0.0833. The van der Waals surface area contributed by atoms with Crippen molar-refractivity contribution in [2.75, 3.05) is 5.32 Å². The molecule has 1 aromatic heterocycles. The minimum Gasteiger partial charge on any atom is -0.406 e. The summed E-state index contributed by atoms with van der Waals surface area (Å²) in [5.74, 6) is -1.04. The lowest BCUT2D eigenvalue weighted by Gasteiger charge is -2.11. The molecule has 0 saturated heterocycles. The zero-order chi connectivity index (χ0) is 13.9. The highest BCUT2D eigenvalue weighted by molar-refractivity contribution is 5.60. The molecule has 0 saturated carbocycles. The molecule has 0 amide bonds. The van der Waals surface area contributed by atoms with E-state index in [1.165, 1.54) is 30.5 Å². The Bertz CT molecular complexity index is 572. The average molecular weight is 272 g/mol. The van der Waals surface area contributed by atoms with E-state index < -0.39 is 12.3 Å². The van der Waals surface area contributed by atoms with Crippen LogP contribution in [0.2, 0.25) is 0 Å². The van der Waals surface area contributed by atoms with Gasteiger partial charge >= 0.3 is 6.36 Å². The number of aromatic nitrogens is 1. The van der Waals surface area contributed by atoms with E-state index in [-0.39, 0.29) is 5.75 Å². The number of alkyl halides is 3. The largest absolute Gasteiger partial charge is 0.573 e. The summed E-state index contributed by atoms with van der Waals surface area (Å²) in [5, 5.41) is 2.74. The molecule has 19 heavy (non-hydrogen) atoms. The van der Waals surface area contributed by atoms with E-state index in [1.807, 2.05) is 0 Å². The van der Waals surface area contributed by atoms with Crippen molar-refractivity contribution in [2.24, 2.45) is 0 Å². The molecule has 1 N–H and O–H groups in total. The third-order valence-corrected chi connectivity index (χ3v) is 2.08. The Balaban J connectivity index is 2.15. The molecule has 0 fully saturated rings. The number of pyridine rings is 1. The van der Waals surface area contributed by atoms with Crippen molar-refractivity contribution in [3.05, 3.63) is 48.5 Å². The number of halogens is 4. The number of rotatable bonds is 3. The Morgan fingerprint density at radius 1 is 1.05 bits per heavy atom. The second kappa shape index (κ2) is 5.13. The summed E-state index contributed by atoms with van der Waals surface area (Å²) < 4.78 is 52.8. The maximum Gasteiger partial charge on any atom is 0.573 e. The Morgan fingerprint density at radius 2 is 1.79 bits per heavy atom. The molecule has 100 valence electrons. The predicted molar refractivity (Wildman–Crippen MR) is 60.6 cm³/mol. The van der Waals surface area contributed by atoms with Crippen LogP contribution in [0.3, 0.4) is 0 Å². The van der Waals surface area contributed by atoms with Gasteiger partial charge in [-0.15, -0.1) is 13.2 Å². The molecule has 0 aliphatic rings. The number of nitrogens with one attached hydrogen (secondary N) is 1. The molecule has 0 radical (unpaired) electrons. The Kier molecular flexibility index (Phi) is 3.55. The van der Waals surface area contributed by atoms with E-state index in [1.54, 1.807) is 0 Å². The molecule has 2 aromatic rings. The lowest BCUT2D eigenvalue weighted by Crippen LogP contribution is -2.17. The summed E-state index contributed by atoms with van der Waals surface area (Å²) in [4.78, 5) is 3.37. The van der Waals surface area contributed by atoms with Crippen LogP contribution >= 0.6 is 0 Å². The third kappa shape index (κ3) is 4.13. The van der Waals surface area contributed by atoms with Crippen molar-refractivity contribution in [1.29, 1.82) is 0 Å². The van der Waals surface area contributed by atoms with Crippen LogP contribution in [0.25, 0.3) is 0 Å². The Hall–Kier alpha value is -2.31. The molecule has 2 rings (SSSR count). The van der Waals surface area contributed by atoms with E-state index in [9.17, 15) is 17.6 Å². The van der Waals surface area contributed by atoms with Crippen LogP contribution in [0.4, 0.5) is 28.9 Å². The number of ether oxygens (including phenoxy) is 1. The molecule has 7 heteroatoms. The molecular formula is C12H8F4N2O. The molecule has 0 atom stereocenters. The van der Waals surface area contributed by atoms with Crippen molar-refractivity contribution in [1.82, 2.24) is 4.98 Å². The summed E-state index contributed by atoms with van der Waals surface area (Å²) in [6.07, 6.45) is -3.50. The van der Waals surface area contributed by atoms with E-state index in [0.717, 1.165) is 12.1 Å². The van der Waals surface area contributed by atoms with Gasteiger partial charge in [0.1, 0.15) is 5.75 Å². The maximum absolute atomic E-state index is 12.8. The number of benzene rings is 1. The normalized spacial score (nSPS) is 11.2. The average Bonchev–Trinajstić information content (AvgIpc) is 2.27. The van der Waals surface area contributed by atoms with E-state index in [4.69, 9.17) is 0 Å². The smallest absolute Gasteiger partial charge is 0.406 e. The first-order valence-corrected chi connectivity index (χ1v) is 5.17. The first-order valence-electron chi connectivity index (χ1n) is 5.17. The van der Waals surface area contributed by atoms with Crippen molar-refractivity contribution in [3.63, 3.8) is 0 Å². The molecule has 0 aliphatic carbocycles. The second-order valence-corrected chi connectivity index (χ2v) is 3.57. The minimum atomic E-state index is -4.75. The first-order chi connectivity index (χ1) is 8.92. The van der Waals surface area contributed by atoms with Gasteiger partial charge in [0.15, 0.2) is 0 Å². The standard InChI is InChI=1S/C12H8F4N2O/c13-11-7-9(4-5-17-11)18-8-2-1-3-10(6-8)19-12(14,15)16/h1-7H,(H,17,18). The van der Waals surface area contributed by atoms with E-state index in [0.29, 0.717) is 11.4 Å². The molecular weight excluding hydrogens is 264 g/mol. The summed E-state index contributed by atoms with van der Waals surface area (Å²) in [6, 6.07) is 7.86. The zero-order valence-corrected chi connectivity index (χ0v) is 9.41. The van der Waals surface area contributed by atoms with Gasteiger partial charge in [0.25, 0.3) is 0 Å². The number of nitrogens with zero attached hydrogens (tertiary/aromatic N) is 1. The Labute approximate surface area is 105 Å². The number of hydrogen-bond donors (Lipinski definition) is 1. The van der Waals surface area contributed by atoms with Crippen LogP contribution in [-0.2, 0) is 0 Å². The zero-order valence-electron chi connectivity index (χ0n) is 9.41. The van der Waals surface area contributed by atoms with Gasteiger partial charge in [-0.2, -0.15) is 4.39 Å². The van der Waals surface area contributed by atoms with Gasteiger partial charge in [-0.1, -0.05) is 6.07 Å². The van der Waals surface area contributed by atoms with E-state index >= 15 is 0 Å². The molecule has 0 unspecified atom stereocenters. The van der Waals surface area contributed by atoms with Crippen molar-refractivity contribution < 1.29 is 22.3 Å². The van der Waals surface area contributed by atoms with Gasteiger partial charge in [0, 0.05) is 29.7 Å². The topological polar surface area (TPSA) is 34.1 Å². The Morgan fingerprint density at radius 3 is 2.47 bits per heavy atom. The maximum atomic E-state index is 12.8. The molecule has 0 bridgehead atoms. The summed E-state index contributed by atoms with van der Waals surface area (Å²) in [5.41, 5.74) is 0.712. The monoisotopic (exact) mass is 272 g/mol. The van der Waals surface area contributed by atoms with Gasteiger partial charge < -0.3 is 10.1 Å². The molecule has 3 nitrogen and oxygen atoms in total. The van der Waals surface area contributed by atoms with Gasteiger partial charge in [0.2, 0.25) is 5.95 Å². The molecule has 0 spiro atoms. The number of hydrogen-bond acceptors (Lipinski definition) is 3. The molecule has 0 aliphatic heterocycles. The van der Waals surface area contributed by atoms with Crippen LogP contribution in [0, 0.1) is 5.95 Å². The van der Waals surface area contributed by atoms with Gasteiger partial charge in [0.05, 0.1) is 0 Å². The predicted octanol–water partition coefficient (Wildman–Crippen LogP) is 3.86. The van der Waals surface area contributed by atoms with Crippen molar-refractivity contribution >= 4 is 11.4 Å². The van der Waals surface area contributed by atoms with E-state index in [2.05, 4.69) is 15.0 Å². The SMILES string of the molecule is Fc1cc(Nc2cccc(OC(F)(F)F)c2)ccn1. The summed E-state index contributed by atoms with van der Waals surface area (Å²) in [6.45, 7) is 0. The van der Waals surface area contributed by atoms with Crippen LogP contribution in [0.1, 0.15) is 0 Å². The lowest BCUT2D eigenvalue weighted by atomic mass is 10.3. The highest BCUT2D eigenvalue weighted by Gasteiger charge is 2.31. The highest BCUT2D eigenvalue weighted by Crippen LogP contribution is 2.26. The summed E-state index contributed by atoms with van der Waals surface area (Å²) >= 11 is 0. The van der Waals surface area contributed by atoms with Crippen LogP contribution in [-0.4, -0.2) is 11.3 Å². The quantitative estimate of drug-likeness (QED) is 0.680. The van der Waals surface area contributed by atoms with Gasteiger partial charge in [-0.05, 0) is 18.2 Å². The van der Waals surface area contributed by atoms with Crippen LogP contribution < -0.4 is 10.1 Å². The number of anilines is 2. The van der Waals surface area contributed by atoms with Crippen molar-refractivity contribution in [3.8, 4) is 5.75 Å². The van der Waals surface area contributed by atoms with Crippen molar-refractivity contribution in [2.45, 2.75) is 6.36 Å². The third-order valence-electron chi connectivity index (χ3n) is 2.08. The van der Waals surface area contributed by atoms with Gasteiger partial charge in [-0.3, -0.25) is 0 Å². The fourth-order valence-electron chi connectivity index (χ4n) is 1.42. The minimum absolute atomic E-state index is 0.340. The molecule has 1 heterocycles. The lowest BCUT2D eigenvalue weighted by molar-refractivity contribution is -0.274. The second-order valence-electron chi connectivity index (χ2n) is 3.57. The van der Waals surface area contributed by atoms with Gasteiger partial charge in [-0.25, -0.2) is 4.98 Å². The first kappa shape index (κ1) is 13.1. The fourth-order valence-corrected chi connectivity index (χ4v) is 1.42. The summed E-state index contributed by atoms with van der Waals surface area (Å²) in [7, 11) is 0. The molecule has 1 aromatic carbocycles. The van der Waals surface area contributed by atoms with Crippen LogP contribution in [0.15, 0.2) is 42.6 Å². The highest BCUT2D eigenvalue weighted by atomic mass is 19.4.